The number of amides is 1. The number of carbonyl (C=O) groups excluding carboxylic acids is 1. The van der Waals surface area contributed by atoms with Gasteiger partial charge in [-0.3, -0.25) is 10.1 Å². The van der Waals surface area contributed by atoms with Crippen molar-refractivity contribution in [2.45, 2.75) is 6.04 Å². The minimum atomic E-state index is -0.0568. The van der Waals surface area contributed by atoms with Gasteiger partial charge in [-0.25, -0.2) is 0 Å². The van der Waals surface area contributed by atoms with Gasteiger partial charge in [0.1, 0.15) is 0 Å². The molecule has 5 heteroatoms. The molecule has 1 aromatic rings. The summed E-state index contributed by atoms with van der Waals surface area (Å²) in [6.45, 7) is 0. The van der Waals surface area contributed by atoms with Gasteiger partial charge in [-0.05, 0) is 24.3 Å². The lowest BCUT2D eigenvalue weighted by Gasteiger charge is -2.10. The summed E-state index contributed by atoms with van der Waals surface area (Å²) in [6.07, 6.45) is 0. The molecule has 1 aliphatic rings. The lowest BCUT2D eigenvalue weighted by atomic mass is 10.3. The molecule has 2 rings (SSSR count). The summed E-state index contributed by atoms with van der Waals surface area (Å²) in [4.78, 5) is 11.7. The quantitative estimate of drug-likeness (QED) is 0.874. The van der Waals surface area contributed by atoms with Gasteiger partial charge < -0.3 is 5.32 Å². The van der Waals surface area contributed by atoms with Crippen LogP contribution in [0.4, 0.5) is 5.69 Å². The van der Waals surface area contributed by atoms with Gasteiger partial charge >= 0.3 is 0 Å². The van der Waals surface area contributed by atoms with Crippen LogP contribution in [0.25, 0.3) is 0 Å². The van der Waals surface area contributed by atoms with E-state index in [0.29, 0.717) is 0 Å². The van der Waals surface area contributed by atoms with Crippen LogP contribution in [-0.2, 0) is 4.79 Å². The Hall–Kier alpha value is -0.520. The molecule has 0 saturated carbocycles. The first-order valence-corrected chi connectivity index (χ1v) is 6.58. The van der Waals surface area contributed by atoms with E-state index in [1.54, 1.807) is 11.8 Å². The van der Waals surface area contributed by atoms with Crippen molar-refractivity contribution >= 4 is 39.3 Å². The summed E-state index contributed by atoms with van der Waals surface area (Å²) in [7, 11) is 0. The van der Waals surface area contributed by atoms with Crippen LogP contribution in [0.1, 0.15) is 0 Å². The highest BCUT2D eigenvalue weighted by Crippen LogP contribution is 2.16. The van der Waals surface area contributed by atoms with Gasteiger partial charge in [0.05, 0.1) is 6.04 Å². The molecule has 0 spiro atoms. The van der Waals surface area contributed by atoms with Gasteiger partial charge in [-0.1, -0.05) is 15.9 Å². The molecule has 0 bridgehead atoms. The van der Waals surface area contributed by atoms with Crippen molar-refractivity contribution in [3.8, 4) is 0 Å². The van der Waals surface area contributed by atoms with Gasteiger partial charge in [-0.2, -0.15) is 0 Å². The Labute approximate surface area is 101 Å². The first-order valence-electron chi connectivity index (χ1n) is 4.63. The second-order valence-electron chi connectivity index (χ2n) is 3.27. The standard InChI is InChI=1S/C10H11BrN2OS/c11-7-1-3-8(4-2-7)13-10(14)9-5-15-6-12-9/h1-4,9,12H,5-6H2,(H,13,14)/t9-/m1/s1. The molecule has 1 fully saturated rings. The summed E-state index contributed by atoms with van der Waals surface area (Å²) in [5.41, 5.74) is 0.835. The molecule has 1 heterocycles. The van der Waals surface area contributed by atoms with Crippen LogP contribution in [0.5, 0.6) is 0 Å². The van der Waals surface area contributed by atoms with Gasteiger partial charge in [0.25, 0.3) is 0 Å². The third-order valence-corrected chi connectivity index (χ3v) is 3.61. The Balaban J connectivity index is 1.96. The first kappa shape index (κ1) is 11.0. The second-order valence-corrected chi connectivity index (χ2v) is 5.21. The third kappa shape index (κ3) is 2.96. The third-order valence-electron chi connectivity index (χ3n) is 2.14. The Kier molecular flexibility index (Phi) is 3.66. The maximum absolute atomic E-state index is 11.7. The fraction of sp³-hybridized carbons (Fsp3) is 0.300. The fourth-order valence-electron chi connectivity index (χ4n) is 1.33. The van der Waals surface area contributed by atoms with Crippen LogP contribution in [0.2, 0.25) is 0 Å². The predicted octanol–water partition coefficient (Wildman–Crippen LogP) is 2.05. The highest BCUT2D eigenvalue weighted by atomic mass is 79.9. The Morgan fingerprint density at radius 3 is 2.80 bits per heavy atom. The van der Waals surface area contributed by atoms with Crippen LogP contribution >= 0.6 is 27.7 Å². The number of hydrogen-bond acceptors (Lipinski definition) is 3. The van der Waals surface area contributed by atoms with Crippen molar-refractivity contribution < 1.29 is 4.79 Å². The van der Waals surface area contributed by atoms with E-state index in [1.165, 1.54) is 0 Å². The number of nitrogens with one attached hydrogen (secondary N) is 2. The number of thioether (sulfide) groups is 1. The maximum atomic E-state index is 11.7. The monoisotopic (exact) mass is 286 g/mol. The zero-order chi connectivity index (χ0) is 10.7. The topological polar surface area (TPSA) is 41.1 Å². The van der Waals surface area contributed by atoms with Crippen LogP contribution in [0.3, 0.4) is 0 Å². The number of anilines is 1. The molecule has 2 N–H and O–H groups in total. The second kappa shape index (κ2) is 5.01. The van der Waals surface area contributed by atoms with E-state index in [2.05, 4.69) is 26.6 Å². The minimum Gasteiger partial charge on any atom is -0.325 e. The largest absolute Gasteiger partial charge is 0.325 e. The van der Waals surface area contributed by atoms with Crippen molar-refractivity contribution in [3.63, 3.8) is 0 Å². The van der Waals surface area contributed by atoms with Crippen LogP contribution in [0.15, 0.2) is 28.7 Å². The fourth-order valence-corrected chi connectivity index (χ4v) is 2.53. The predicted molar refractivity (Wildman–Crippen MR) is 67.0 cm³/mol. The molecule has 1 aliphatic heterocycles. The molecular formula is C10H11BrN2OS. The van der Waals surface area contributed by atoms with E-state index in [0.717, 1.165) is 21.8 Å². The van der Waals surface area contributed by atoms with E-state index in [9.17, 15) is 4.79 Å². The molecule has 1 atom stereocenters. The summed E-state index contributed by atoms with van der Waals surface area (Å²) < 4.78 is 1.01. The van der Waals surface area contributed by atoms with Crippen molar-refractivity contribution in [1.29, 1.82) is 0 Å². The smallest absolute Gasteiger partial charge is 0.242 e. The average Bonchev–Trinajstić information content (AvgIpc) is 2.74. The Morgan fingerprint density at radius 2 is 2.20 bits per heavy atom. The van der Waals surface area contributed by atoms with Crippen LogP contribution < -0.4 is 10.6 Å². The minimum absolute atomic E-state index is 0.0438. The average molecular weight is 287 g/mol. The SMILES string of the molecule is O=C(Nc1ccc(Br)cc1)[C@H]1CSCN1. The van der Waals surface area contributed by atoms with Crippen molar-refractivity contribution in [3.05, 3.63) is 28.7 Å². The molecule has 1 amide bonds. The Morgan fingerprint density at radius 1 is 1.47 bits per heavy atom. The van der Waals surface area contributed by atoms with Crippen molar-refractivity contribution in [2.24, 2.45) is 0 Å². The number of hydrogen-bond donors (Lipinski definition) is 2. The van der Waals surface area contributed by atoms with E-state index in [4.69, 9.17) is 0 Å². The summed E-state index contributed by atoms with van der Waals surface area (Å²) >= 11 is 5.09. The summed E-state index contributed by atoms with van der Waals surface area (Å²) in [5.74, 6) is 1.75. The van der Waals surface area contributed by atoms with Gasteiger partial charge in [0.2, 0.25) is 5.91 Å². The molecule has 0 aliphatic carbocycles. The molecule has 0 unspecified atom stereocenters. The number of rotatable bonds is 2. The van der Waals surface area contributed by atoms with Crippen LogP contribution in [-0.4, -0.2) is 23.6 Å². The molecular weight excluding hydrogens is 276 g/mol. The number of halogens is 1. The molecule has 0 radical (unpaired) electrons. The van der Waals surface area contributed by atoms with Crippen molar-refractivity contribution in [1.82, 2.24) is 5.32 Å². The molecule has 15 heavy (non-hydrogen) atoms. The highest BCUT2D eigenvalue weighted by molar-refractivity contribution is 9.10. The highest BCUT2D eigenvalue weighted by Gasteiger charge is 2.22. The lowest BCUT2D eigenvalue weighted by Crippen LogP contribution is -2.37. The van der Waals surface area contributed by atoms with Gasteiger partial charge in [-0.15, -0.1) is 11.8 Å². The van der Waals surface area contributed by atoms with Gasteiger partial charge in [0, 0.05) is 21.8 Å². The maximum Gasteiger partial charge on any atom is 0.242 e. The molecule has 3 nitrogen and oxygen atoms in total. The van der Waals surface area contributed by atoms with Gasteiger partial charge in [0.15, 0.2) is 0 Å². The molecule has 1 aromatic carbocycles. The van der Waals surface area contributed by atoms with E-state index in [1.807, 2.05) is 24.3 Å². The number of benzene rings is 1. The summed E-state index contributed by atoms with van der Waals surface area (Å²) in [5, 5.41) is 6.01. The van der Waals surface area contributed by atoms with Crippen molar-refractivity contribution in [2.75, 3.05) is 16.9 Å². The molecule has 0 aromatic heterocycles. The Bertz CT molecular complexity index is 349. The lowest BCUT2D eigenvalue weighted by molar-refractivity contribution is -0.117. The first-order chi connectivity index (χ1) is 7.25. The molecule has 1 saturated heterocycles. The molecule has 80 valence electrons. The summed E-state index contributed by atoms with van der Waals surface area (Å²) in [6, 6.07) is 7.52. The van der Waals surface area contributed by atoms with E-state index in [-0.39, 0.29) is 11.9 Å². The number of carbonyl (C=O) groups is 1. The zero-order valence-electron chi connectivity index (χ0n) is 8.00. The van der Waals surface area contributed by atoms with E-state index >= 15 is 0 Å². The normalized spacial score (nSPS) is 20.2. The van der Waals surface area contributed by atoms with E-state index < -0.39 is 0 Å². The van der Waals surface area contributed by atoms with Crippen LogP contribution in [0, 0.1) is 0 Å². The zero-order valence-corrected chi connectivity index (χ0v) is 10.4.